The van der Waals surface area contributed by atoms with Gasteiger partial charge in [-0.1, -0.05) is 0 Å². The van der Waals surface area contributed by atoms with Gasteiger partial charge in [0.15, 0.2) is 11.5 Å². The van der Waals surface area contributed by atoms with Gasteiger partial charge in [-0.3, -0.25) is 9.59 Å². The average Bonchev–Trinajstić information content (AvgIpc) is 3.35. The number of furan rings is 1. The van der Waals surface area contributed by atoms with Crippen molar-refractivity contribution in [1.29, 1.82) is 0 Å². The molecule has 0 bridgehead atoms. The maximum atomic E-state index is 13.0. The number of amides is 2. The van der Waals surface area contributed by atoms with Crippen LogP contribution in [0.3, 0.4) is 0 Å². The van der Waals surface area contributed by atoms with Crippen LogP contribution in [0.5, 0.6) is 11.5 Å². The summed E-state index contributed by atoms with van der Waals surface area (Å²) in [7, 11) is 0. The van der Waals surface area contributed by atoms with Crippen LogP contribution >= 0.6 is 0 Å². The molecule has 2 aliphatic heterocycles. The fourth-order valence-corrected chi connectivity index (χ4v) is 3.60. The van der Waals surface area contributed by atoms with E-state index in [4.69, 9.17) is 13.9 Å². The van der Waals surface area contributed by atoms with Crippen molar-refractivity contribution in [2.75, 3.05) is 31.2 Å². The van der Waals surface area contributed by atoms with Crippen molar-refractivity contribution in [2.24, 2.45) is 5.92 Å². The first-order valence-corrected chi connectivity index (χ1v) is 9.38. The van der Waals surface area contributed by atoms with E-state index in [0.29, 0.717) is 35.3 Å². The highest BCUT2D eigenvalue weighted by molar-refractivity contribution is 6.00. The van der Waals surface area contributed by atoms with Gasteiger partial charge in [0.1, 0.15) is 25.5 Å². The quantitative estimate of drug-likeness (QED) is 0.738. The fraction of sp³-hybridized carbons (Fsp3) is 0.400. The molecule has 1 aromatic carbocycles. The van der Waals surface area contributed by atoms with Crippen LogP contribution in [-0.4, -0.2) is 49.2 Å². The summed E-state index contributed by atoms with van der Waals surface area (Å²) in [6.45, 7) is -0.938. The lowest BCUT2D eigenvalue weighted by molar-refractivity contribution is -0.165. The highest BCUT2D eigenvalue weighted by atomic mass is 19.4. The molecule has 1 saturated heterocycles. The van der Waals surface area contributed by atoms with Gasteiger partial charge < -0.3 is 23.7 Å². The van der Waals surface area contributed by atoms with Crippen molar-refractivity contribution in [3.63, 3.8) is 0 Å². The summed E-state index contributed by atoms with van der Waals surface area (Å²) in [5, 5.41) is 0. The first kappa shape index (κ1) is 20.1. The molecule has 0 spiro atoms. The molecule has 10 heteroatoms. The molecule has 0 radical (unpaired) electrons. The van der Waals surface area contributed by atoms with E-state index in [1.807, 2.05) is 0 Å². The summed E-state index contributed by atoms with van der Waals surface area (Å²) >= 11 is 0. The summed E-state index contributed by atoms with van der Waals surface area (Å²) in [5.74, 6) is -0.687. The van der Waals surface area contributed by atoms with Gasteiger partial charge in [-0.15, -0.1) is 0 Å². The second-order valence-electron chi connectivity index (χ2n) is 7.12. The fourth-order valence-electron chi connectivity index (χ4n) is 3.60. The summed E-state index contributed by atoms with van der Waals surface area (Å²) in [4.78, 5) is 27.5. The average molecular weight is 424 g/mol. The third-order valence-electron chi connectivity index (χ3n) is 4.92. The third-order valence-corrected chi connectivity index (χ3v) is 4.92. The molecular weight excluding hydrogens is 405 g/mol. The van der Waals surface area contributed by atoms with Crippen LogP contribution in [-0.2, 0) is 16.1 Å². The number of hydrogen-bond acceptors (Lipinski definition) is 5. The smallest absolute Gasteiger partial charge is 0.406 e. The minimum Gasteiger partial charge on any atom is -0.486 e. The largest absolute Gasteiger partial charge is 0.486 e. The van der Waals surface area contributed by atoms with E-state index < -0.39 is 24.5 Å². The summed E-state index contributed by atoms with van der Waals surface area (Å²) in [5.41, 5.74) is 0.507. The van der Waals surface area contributed by atoms with E-state index in [2.05, 4.69) is 0 Å². The molecule has 30 heavy (non-hydrogen) atoms. The molecule has 0 N–H and O–H groups in total. The number of hydrogen-bond donors (Lipinski definition) is 0. The Morgan fingerprint density at radius 2 is 1.93 bits per heavy atom. The van der Waals surface area contributed by atoms with Crippen LogP contribution in [0.25, 0.3) is 0 Å². The third kappa shape index (κ3) is 4.37. The lowest BCUT2D eigenvalue weighted by Gasteiger charge is -2.26. The number of ether oxygens (including phenoxy) is 2. The summed E-state index contributed by atoms with van der Waals surface area (Å²) < 4.78 is 55.2. The van der Waals surface area contributed by atoms with E-state index in [9.17, 15) is 22.8 Å². The SMILES string of the molecule is O=C(C1CC(=O)N(c2ccc3c(c2)OCCO3)C1)N(Cc1ccco1)CC(F)(F)F. The van der Waals surface area contributed by atoms with Gasteiger partial charge >= 0.3 is 6.18 Å². The molecule has 2 aromatic rings. The molecule has 7 nitrogen and oxygen atoms in total. The number of benzene rings is 1. The number of anilines is 1. The molecule has 1 atom stereocenters. The number of halogens is 3. The molecule has 3 heterocycles. The number of fused-ring (bicyclic) bond motifs is 1. The summed E-state index contributed by atoms with van der Waals surface area (Å²) in [6, 6.07) is 8.00. The minimum atomic E-state index is -4.57. The Morgan fingerprint density at radius 3 is 2.63 bits per heavy atom. The van der Waals surface area contributed by atoms with Gasteiger partial charge in [0.2, 0.25) is 11.8 Å². The molecule has 2 aliphatic rings. The van der Waals surface area contributed by atoms with E-state index in [1.165, 1.54) is 23.3 Å². The van der Waals surface area contributed by atoms with Crippen LogP contribution in [0, 0.1) is 5.92 Å². The molecule has 2 amide bonds. The normalized spacial score (nSPS) is 18.6. The van der Waals surface area contributed by atoms with Gasteiger partial charge in [-0.25, -0.2) is 0 Å². The van der Waals surface area contributed by atoms with Crippen molar-refractivity contribution in [2.45, 2.75) is 19.1 Å². The van der Waals surface area contributed by atoms with Crippen LogP contribution in [0.2, 0.25) is 0 Å². The standard InChI is InChI=1S/C20H19F3N2O5/c21-20(22,23)12-24(11-15-2-1-5-28-15)19(27)13-8-18(26)25(10-13)14-3-4-16-17(9-14)30-7-6-29-16/h1-5,9,13H,6-8,10-12H2. The second-order valence-corrected chi connectivity index (χ2v) is 7.12. The van der Waals surface area contributed by atoms with Crippen molar-refractivity contribution in [3.8, 4) is 11.5 Å². The summed E-state index contributed by atoms with van der Waals surface area (Å²) in [6.07, 6.45) is -3.41. The highest BCUT2D eigenvalue weighted by Crippen LogP contribution is 2.36. The minimum absolute atomic E-state index is 0.0101. The molecule has 160 valence electrons. The number of alkyl halides is 3. The number of rotatable bonds is 5. The Bertz CT molecular complexity index is 929. The Morgan fingerprint density at radius 1 is 1.17 bits per heavy atom. The van der Waals surface area contributed by atoms with Gasteiger partial charge in [0.25, 0.3) is 0 Å². The van der Waals surface area contributed by atoms with E-state index in [1.54, 1.807) is 18.2 Å². The molecule has 1 fully saturated rings. The zero-order valence-corrected chi connectivity index (χ0v) is 15.9. The van der Waals surface area contributed by atoms with Gasteiger partial charge in [0, 0.05) is 24.7 Å². The Hall–Kier alpha value is -3.17. The van der Waals surface area contributed by atoms with E-state index in [-0.39, 0.29) is 31.2 Å². The lowest BCUT2D eigenvalue weighted by Crippen LogP contribution is -2.42. The number of carbonyl (C=O) groups is 2. The molecular formula is C20H19F3N2O5. The van der Waals surface area contributed by atoms with Crippen LogP contribution < -0.4 is 14.4 Å². The number of carbonyl (C=O) groups excluding carboxylic acids is 2. The second kappa shape index (κ2) is 7.92. The maximum absolute atomic E-state index is 13.0. The molecule has 4 rings (SSSR count). The Kier molecular flexibility index (Phi) is 5.31. The van der Waals surface area contributed by atoms with Crippen molar-refractivity contribution in [1.82, 2.24) is 4.90 Å². The topological polar surface area (TPSA) is 72.2 Å². The van der Waals surface area contributed by atoms with Gasteiger partial charge in [0.05, 0.1) is 18.7 Å². The highest BCUT2D eigenvalue weighted by Gasteiger charge is 2.41. The van der Waals surface area contributed by atoms with Gasteiger partial charge in [-0.2, -0.15) is 13.2 Å². The van der Waals surface area contributed by atoms with Crippen molar-refractivity contribution in [3.05, 3.63) is 42.4 Å². The van der Waals surface area contributed by atoms with Crippen LogP contribution in [0.1, 0.15) is 12.2 Å². The van der Waals surface area contributed by atoms with Crippen molar-refractivity contribution < 1.29 is 36.7 Å². The molecule has 0 saturated carbocycles. The predicted molar refractivity (Wildman–Crippen MR) is 98.1 cm³/mol. The zero-order valence-electron chi connectivity index (χ0n) is 15.9. The first-order chi connectivity index (χ1) is 14.3. The Balaban J connectivity index is 1.50. The predicted octanol–water partition coefficient (Wildman–Crippen LogP) is 2.99. The van der Waals surface area contributed by atoms with E-state index in [0.717, 1.165) is 0 Å². The lowest BCUT2D eigenvalue weighted by atomic mass is 10.1. The van der Waals surface area contributed by atoms with Crippen molar-refractivity contribution >= 4 is 17.5 Å². The maximum Gasteiger partial charge on any atom is 0.406 e. The van der Waals surface area contributed by atoms with Gasteiger partial charge in [-0.05, 0) is 24.3 Å². The first-order valence-electron chi connectivity index (χ1n) is 9.38. The van der Waals surface area contributed by atoms with E-state index >= 15 is 0 Å². The molecule has 1 unspecified atom stereocenters. The number of nitrogens with zero attached hydrogens (tertiary/aromatic N) is 2. The van der Waals surface area contributed by atoms with Crippen LogP contribution in [0.4, 0.5) is 18.9 Å². The van der Waals surface area contributed by atoms with Crippen LogP contribution in [0.15, 0.2) is 41.0 Å². The monoisotopic (exact) mass is 424 g/mol. The molecule has 0 aliphatic carbocycles. The Labute approximate surface area is 169 Å². The zero-order chi connectivity index (χ0) is 21.3. The molecule has 1 aromatic heterocycles.